The Morgan fingerprint density at radius 3 is 2.67 bits per heavy atom. The Kier molecular flexibility index (Phi) is 5.90. The fraction of sp³-hybridized carbons (Fsp3) is 0.588. The van der Waals surface area contributed by atoms with Crippen molar-refractivity contribution in [3.63, 3.8) is 0 Å². The van der Waals surface area contributed by atoms with E-state index in [4.69, 9.17) is 15.2 Å². The largest absolute Gasteiger partial charge is 0.493 e. The number of nitrogen functional groups attached to an aromatic ring is 1. The van der Waals surface area contributed by atoms with Crippen molar-refractivity contribution in [2.45, 2.75) is 51.6 Å². The highest BCUT2D eigenvalue weighted by Crippen LogP contribution is 2.29. The van der Waals surface area contributed by atoms with Gasteiger partial charge in [-0.15, -0.1) is 0 Å². The van der Waals surface area contributed by atoms with E-state index in [1.165, 1.54) is 12.8 Å². The highest BCUT2D eigenvalue weighted by atomic mass is 16.5. The summed E-state index contributed by atoms with van der Waals surface area (Å²) in [5.74, 6) is 1.10. The van der Waals surface area contributed by atoms with E-state index in [2.05, 4.69) is 6.92 Å². The molecule has 21 heavy (non-hydrogen) atoms. The molecule has 4 nitrogen and oxygen atoms in total. The summed E-state index contributed by atoms with van der Waals surface area (Å²) < 4.78 is 11.1. The maximum absolute atomic E-state index is 11.9. The minimum Gasteiger partial charge on any atom is -0.493 e. The first kappa shape index (κ1) is 15.7. The quantitative estimate of drug-likeness (QED) is 0.643. The van der Waals surface area contributed by atoms with E-state index in [0.29, 0.717) is 18.2 Å². The molecule has 2 rings (SSSR count). The van der Waals surface area contributed by atoms with Gasteiger partial charge in [0.05, 0.1) is 13.0 Å². The number of nitrogens with two attached hydrogens (primary N) is 1. The van der Waals surface area contributed by atoms with Crippen LogP contribution < -0.4 is 10.5 Å². The first-order valence-corrected chi connectivity index (χ1v) is 7.87. The topological polar surface area (TPSA) is 61.5 Å². The van der Waals surface area contributed by atoms with Gasteiger partial charge in [0.2, 0.25) is 0 Å². The van der Waals surface area contributed by atoms with Gasteiger partial charge >= 0.3 is 5.97 Å². The third kappa shape index (κ3) is 4.96. The summed E-state index contributed by atoms with van der Waals surface area (Å²) in [6.45, 7) is 2.51. The molecule has 0 aliphatic heterocycles. The van der Waals surface area contributed by atoms with Crippen molar-refractivity contribution in [1.29, 1.82) is 0 Å². The maximum atomic E-state index is 11.9. The highest BCUT2D eigenvalue weighted by Gasteiger charge is 2.26. The van der Waals surface area contributed by atoms with Gasteiger partial charge in [0.25, 0.3) is 0 Å². The molecule has 2 unspecified atom stereocenters. The Hall–Kier alpha value is -1.71. The third-order valence-corrected chi connectivity index (χ3v) is 4.10. The Morgan fingerprint density at radius 2 is 1.95 bits per heavy atom. The van der Waals surface area contributed by atoms with Gasteiger partial charge in [-0.3, -0.25) is 4.79 Å². The van der Waals surface area contributed by atoms with Crippen LogP contribution in [0.2, 0.25) is 0 Å². The average Bonchev–Trinajstić information content (AvgIpc) is 2.50. The summed E-state index contributed by atoms with van der Waals surface area (Å²) in [5, 5.41) is 0. The lowest BCUT2D eigenvalue weighted by Crippen LogP contribution is -2.30. The number of rotatable bonds is 6. The lowest BCUT2D eigenvalue weighted by atomic mass is 9.85. The average molecular weight is 291 g/mol. The fourth-order valence-corrected chi connectivity index (χ4v) is 2.84. The monoisotopic (exact) mass is 291 g/mol. The molecule has 1 aliphatic rings. The lowest BCUT2D eigenvalue weighted by Gasteiger charge is -2.30. The summed E-state index contributed by atoms with van der Waals surface area (Å²) in [6, 6.07) is 7.16. The molecular weight excluding hydrogens is 266 g/mol. The molecule has 0 spiro atoms. The van der Waals surface area contributed by atoms with Crippen LogP contribution in [0.4, 0.5) is 5.69 Å². The van der Waals surface area contributed by atoms with E-state index in [-0.39, 0.29) is 18.5 Å². The van der Waals surface area contributed by atoms with Crippen LogP contribution in [0.15, 0.2) is 24.3 Å². The third-order valence-electron chi connectivity index (χ3n) is 4.10. The van der Waals surface area contributed by atoms with Crippen LogP contribution in [0.25, 0.3) is 0 Å². The molecule has 116 valence electrons. The number of benzene rings is 1. The van der Waals surface area contributed by atoms with Crippen LogP contribution in [0.1, 0.15) is 45.4 Å². The Morgan fingerprint density at radius 1 is 1.24 bits per heavy atom. The van der Waals surface area contributed by atoms with Gasteiger partial charge in [0, 0.05) is 5.69 Å². The predicted octanol–water partition coefficient (Wildman–Crippen LogP) is 3.55. The van der Waals surface area contributed by atoms with E-state index >= 15 is 0 Å². The molecule has 1 aliphatic carbocycles. The molecule has 0 bridgehead atoms. The molecule has 1 fully saturated rings. The Bertz CT molecular complexity index is 444. The number of carbonyl (C=O) groups excluding carboxylic acids is 1. The zero-order valence-corrected chi connectivity index (χ0v) is 12.7. The predicted molar refractivity (Wildman–Crippen MR) is 83.1 cm³/mol. The van der Waals surface area contributed by atoms with Gasteiger partial charge in [-0.2, -0.15) is 0 Å². The van der Waals surface area contributed by atoms with E-state index in [0.717, 1.165) is 25.0 Å². The first-order chi connectivity index (χ1) is 10.2. The van der Waals surface area contributed by atoms with Crippen molar-refractivity contribution in [3.8, 4) is 5.75 Å². The summed E-state index contributed by atoms with van der Waals surface area (Å²) in [4.78, 5) is 11.9. The molecular formula is C17H25NO3. The second-order valence-corrected chi connectivity index (χ2v) is 5.65. The molecule has 1 aromatic rings. The summed E-state index contributed by atoms with van der Waals surface area (Å²) in [5.41, 5.74) is 6.30. The number of esters is 1. The van der Waals surface area contributed by atoms with Crippen LogP contribution in [-0.4, -0.2) is 18.7 Å². The smallest absolute Gasteiger partial charge is 0.309 e. The van der Waals surface area contributed by atoms with E-state index in [1.54, 1.807) is 24.3 Å². The molecule has 0 radical (unpaired) electrons. The van der Waals surface area contributed by atoms with Crippen molar-refractivity contribution in [3.05, 3.63) is 24.3 Å². The second-order valence-electron chi connectivity index (χ2n) is 5.65. The van der Waals surface area contributed by atoms with Crippen LogP contribution in [0.5, 0.6) is 5.75 Å². The number of hydrogen-bond donors (Lipinski definition) is 1. The number of ether oxygens (including phenoxy) is 2. The van der Waals surface area contributed by atoms with Crippen LogP contribution >= 0.6 is 0 Å². The van der Waals surface area contributed by atoms with Gasteiger partial charge in [-0.05, 0) is 55.9 Å². The standard InChI is InChI=1S/C17H25NO3/c1-2-13-5-3-4-6-16(13)21-17(19)11-12-20-15-9-7-14(18)8-10-15/h7-10,13,16H,2-6,11-12,18H2,1H3. The molecule has 0 saturated heterocycles. The van der Waals surface area contributed by atoms with Crippen molar-refractivity contribution < 1.29 is 14.3 Å². The summed E-state index contributed by atoms with van der Waals surface area (Å²) in [6.07, 6.45) is 6.08. The number of anilines is 1. The molecule has 0 heterocycles. The van der Waals surface area contributed by atoms with E-state index < -0.39 is 0 Å². The zero-order valence-electron chi connectivity index (χ0n) is 12.7. The van der Waals surface area contributed by atoms with Crippen molar-refractivity contribution >= 4 is 11.7 Å². The Labute approximate surface area is 126 Å². The number of carbonyl (C=O) groups is 1. The molecule has 1 aromatic carbocycles. The van der Waals surface area contributed by atoms with Gasteiger partial charge in [0.1, 0.15) is 11.9 Å². The lowest BCUT2D eigenvalue weighted by molar-refractivity contribution is -0.154. The van der Waals surface area contributed by atoms with Crippen molar-refractivity contribution in [2.75, 3.05) is 12.3 Å². The van der Waals surface area contributed by atoms with Crippen LogP contribution in [0.3, 0.4) is 0 Å². The van der Waals surface area contributed by atoms with E-state index in [9.17, 15) is 4.79 Å². The van der Waals surface area contributed by atoms with Gasteiger partial charge in [-0.25, -0.2) is 0 Å². The minimum absolute atomic E-state index is 0.104. The molecule has 2 atom stereocenters. The summed E-state index contributed by atoms with van der Waals surface area (Å²) in [7, 11) is 0. The van der Waals surface area contributed by atoms with Gasteiger partial charge in [-0.1, -0.05) is 13.3 Å². The second kappa shape index (κ2) is 7.91. The molecule has 1 saturated carbocycles. The Balaban J connectivity index is 1.70. The molecule has 4 heteroatoms. The SMILES string of the molecule is CCC1CCCCC1OC(=O)CCOc1ccc(N)cc1. The molecule has 2 N–H and O–H groups in total. The molecule has 0 amide bonds. The highest BCUT2D eigenvalue weighted by molar-refractivity contribution is 5.69. The van der Waals surface area contributed by atoms with Gasteiger partial charge in [0.15, 0.2) is 0 Å². The van der Waals surface area contributed by atoms with Crippen molar-refractivity contribution in [2.24, 2.45) is 5.92 Å². The van der Waals surface area contributed by atoms with Crippen LogP contribution in [-0.2, 0) is 9.53 Å². The molecule has 0 aromatic heterocycles. The normalized spacial score (nSPS) is 21.8. The summed E-state index contributed by atoms with van der Waals surface area (Å²) >= 11 is 0. The maximum Gasteiger partial charge on any atom is 0.309 e. The van der Waals surface area contributed by atoms with E-state index in [1.807, 2.05) is 0 Å². The van der Waals surface area contributed by atoms with Crippen LogP contribution in [0, 0.1) is 5.92 Å². The minimum atomic E-state index is -0.157. The number of hydrogen-bond acceptors (Lipinski definition) is 4. The fourth-order valence-electron chi connectivity index (χ4n) is 2.84. The van der Waals surface area contributed by atoms with Crippen molar-refractivity contribution in [1.82, 2.24) is 0 Å². The van der Waals surface area contributed by atoms with Gasteiger partial charge < -0.3 is 15.2 Å². The first-order valence-electron chi connectivity index (χ1n) is 7.87. The zero-order chi connectivity index (χ0) is 15.1.